The molecule has 0 aliphatic carbocycles. The van der Waals surface area contributed by atoms with Crippen molar-refractivity contribution in [1.29, 1.82) is 0 Å². The lowest BCUT2D eigenvalue weighted by atomic mass is 9.95. The molecule has 1 heterocycles. The summed E-state index contributed by atoms with van der Waals surface area (Å²) in [6, 6.07) is 10.5. The summed E-state index contributed by atoms with van der Waals surface area (Å²) in [5.41, 5.74) is 4.87. The molecule has 0 radical (unpaired) electrons. The van der Waals surface area contributed by atoms with Gasteiger partial charge in [-0.15, -0.1) is 0 Å². The molecular weight excluding hydrogens is 488 g/mol. The average molecular weight is 525 g/mol. The van der Waals surface area contributed by atoms with Gasteiger partial charge in [0, 0.05) is 36.6 Å². The number of ether oxygens (including phenoxy) is 1. The number of amides is 3. The fourth-order valence-electron chi connectivity index (χ4n) is 3.49. The van der Waals surface area contributed by atoms with Crippen molar-refractivity contribution in [3.63, 3.8) is 0 Å². The van der Waals surface area contributed by atoms with Crippen LogP contribution in [-0.2, 0) is 30.3 Å². The number of primary amides is 1. The predicted octanol–water partition coefficient (Wildman–Crippen LogP) is 2.49. The van der Waals surface area contributed by atoms with E-state index in [0.717, 1.165) is 5.56 Å². The Morgan fingerprint density at radius 1 is 1.08 bits per heavy atom. The monoisotopic (exact) mass is 524 g/mol. The van der Waals surface area contributed by atoms with Crippen LogP contribution >= 0.6 is 0 Å². The number of esters is 1. The van der Waals surface area contributed by atoms with E-state index in [2.05, 4.69) is 10.6 Å². The molecule has 0 spiro atoms. The van der Waals surface area contributed by atoms with Crippen LogP contribution in [0, 0.1) is 5.41 Å². The minimum atomic E-state index is -0.997. The van der Waals surface area contributed by atoms with Gasteiger partial charge in [-0.05, 0) is 31.0 Å². The molecule has 0 saturated heterocycles. The normalized spacial score (nSPS) is 12.9. The maximum absolute atomic E-state index is 13.6. The van der Waals surface area contributed by atoms with Gasteiger partial charge in [-0.2, -0.15) is 0 Å². The number of aromatic nitrogens is 1. The number of anilines is 1. The third-order valence-electron chi connectivity index (χ3n) is 5.59. The lowest BCUT2D eigenvalue weighted by Crippen LogP contribution is -2.43. The number of benzene rings is 1. The zero-order valence-corrected chi connectivity index (χ0v) is 22.2. The average Bonchev–Trinajstić information content (AvgIpc) is 2.85. The molecule has 0 aliphatic rings. The number of nitrogens with one attached hydrogen (secondary N) is 2. The number of nitrogens with zero attached hydrogens (tertiary/aromatic N) is 1. The van der Waals surface area contributed by atoms with Crippen molar-refractivity contribution in [2.75, 3.05) is 11.9 Å². The van der Waals surface area contributed by atoms with Gasteiger partial charge in [0.25, 0.3) is 5.56 Å². The van der Waals surface area contributed by atoms with Crippen LogP contribution in [-0.4, -0.2) is 40.9 Å². The van der Waals surface area contributed by atoms with E-state index in [9.17, 15) is 24.0 Å². The number of carbonyl (C=O) groups excluding carboxylic acids is 4. The van der Waals surface area contributed by atoms with E-state index in [4.69, 9.17) is 10.5 Å². The van der Waals surface area contributed by atoms with Crippen molar-refractivity contribution in [2.24, 2.45) is 11.1 Å². The Hall–Kier alpha value is -4.21. The third kappa shape index (κ3) is 9.34. The fourth-order valence-corrected chi connectivity index (χ4v) is 3.49. The van der Waals surface area contributed by atoms with Gasteiger partial charge in [0.15, 0.2) is 0 Å². The quantitative estimate of drug-likeness (QED) is 0.287. The van der Waals surface area contributed by atoms with E-state index >= 15 is 0 Å². The summed E-state index contributed by atoms with van der Waals surface area (Å²) in [6.45, 7) is 7.04. The van der Waals surface area contributed by atoms with Gasteiger partial charge in [0.05, 0.1) is 6.61 Å². The summed E-state index contributed by atoms with van der Waals surface area (Å²) >= 11 is 0. The van der Waals surface area contributed by atoms with Crippen molar-refractivity contribution in [2.45, 2.75) is 59.0 Å². The first kappa shape index (κ1) is 30.0. The Morgan fingerprint density at radius 2 is 1.76 bits per heavy atom. The highest BCUT2D eigenvalue weighted by Gasteiger charge is 2.27. The Morgan fingerprint density at radius 3 is 2.37 bits per heavy atom. The van der Waals surface area contributed by atoms with Gasteiger partial charge in [0.1, 0.15) is 11.7 Å². The number of rotatable bonds is 12. The van der Waals surface area contributed by atoms with Gasteiger partial charge >= 0.3 is 5.97 Å². The van der Waals surface area contributed by atoms with Gasteiger partial charge in [-0.3, -0.25) is 19.2 Å². The van der Waals surface area contributed by atoms with Crippen LogP contribution in [0.1, 0.15) is 52.1 Å². The summed E-state index contributed by atoms with van der Waals surface area (Å²) in [5, 5.41) is 5.46. The van der Waals surface area contributed by atoms with E-state index in [-0.39, 0.29) is 37.5 Å². The third-order valence-corrected chi connectivity index (χ3v) is 5.59. The first-order valence-electron chi connectivity index (χ1n) is 12.4. The zero-order chi connectivity index (χ0) is 28.3. The van der Waals surface area contributed by atoms with Crippen LogP contribution in [0.15, 0.2) is 65.6 Å². The Bertz CT molecular complexity index is 1210. The van der Waals surface area contributed by atoms with Crippen molar-refractivity contribution >= 4 is 29.4 Å². The van der Waals surface area contributed by atoms with E-state index in [1.165, 1.54) is 29.0 Å². The standard InChI is InChI=1S/C28H36N4O6/c1-5-38-24(34)16-14-20(13-15-23(29)33)30-25(35)22(18-19-10-7-6-8-11-19)32-17-9-12-21(26(32)36)31-27(37)28(2,3)4/h6-12,14,16-17,20,22H,5,13,15,18H2,1-4H3,(H2,29,33)(H,30,35)(H,31,37). The molecule has 10 nitrogen and oxygen atoms in total. The molecule has 4 N–H and O–H groups in total. The van der Waals surface area contributed by atoms with E-state index in [0.29, 0.717) is 0 Å². The van der Waals surface area contributed by atoms with Crippen molar-refractivity contribution in [3.05, 3.63) is 76.7 Å². The highest BCUT2D eigenvalue weighted by atomic mass is 16.5. The summed E-state index contributed by atoms with van der Waals surface area (Å²) < 4.78 is 6.16. The van der Waals surface area contributed by atoms with E-state index in [1.807, 2.05) is 30.3 Å². The second kappa shape index (κ2) is 13.9. The Balaban J connectivity index is 2.43. The summed E-state index contributed by atoms with van der Waals surface area (Å²) in [7, 11) is 0. The molecule has 0 aliphatic heterocycles. The van der Waals surface area contributed by atoms with Crippen LogP contribution in [0.5, 0.6) is 0 Å². The Labute approximate surface area is 222 Å². The largest absolute Gasteiger partial charge is 0.463 e. The van der Waals surface area contributed by atoms with E-state index < -0.39 is 40.8 Å². The minimum absolute atomic E-state index is 0.0320. The maximum Gasteiger partial charge on any atom is 0.330 e. The minimum Gasteiger partial charge on any atom is -0.463 e. The molecule has 3 amide bonds. The molecule has 38 heavy (non-hydrogen) atoms. The molecule has 2 rings (SSSR count). The number of hydrogen-bond acceptors (Lipinski definition) is 6. The molecule has 2 unspecified atom stereocenters. The molecule has 0 fully saturated rings. The zero-order valence-electron chi connectivity index (χ0n) is 22.2. The summed E-state index contributed by atoms with van der Waals surface area (Å²) in [6.07, 6.45) is 4.38. The van der Waals surface area contributed by atoms with Gasteiger partial charge in [-0.25, -0.2) is 4.79 Å². The molecule has 1 aromatic carbocycles. The molecule has 2 atom stereocenters. The molecular formula is C28H36N4O6. The lowest BCUT2D eigenvalue weighted by molar-refractivity contribution is -0.137. The smallest absolute Gasteiger partial charge is 0.330 e. The SMILES string of the molecule is CCOC(=O)C=CC(CCC(N)=O)NC(=O)C(Cc1ccccc1)n1cccc(NC(=O)C(C)(C)C)c1=O. The molecule has 1 aromatic heterocycles. The highest BCUT2D eigenvalue weighted by Crippen LogP contribution is 2.18. The molecule has 10 heteroatoms. The van der Waals surface area contributed by atoms with E-state index in [1.54, 1.807) is 33.8 Å². The van der Waals surface area contributed by atoms with Crippen LogP contribution in [0.25, 0.3) is 0 Å². The van der Waals surface area contributed by atoms with Crippen LogP contribution in [0.3, 0.4) is 0 Å². The number of carbonyl (C=O) groups is 4. The van der Waals surface area contributed by atoms with Crippen LogP contribution < -0.4 is 21.9 Å². The summed E-state index contributed by atoms with van der Waals surface area (Å²) in [4.78, 5) is 62.7. The molecule has 0 bridgehead atoms. The number of pyridine rings is 1. The summed E-state index contributed by atoms with van der Waals surface area (Å²) in [5.74, 6) is -2.01. The fraction of sp³-hybridized carbons (Fsp3) is 0.393. The molecule has 0 saturated carbocycles. The maximum atomic E-state index is 13.6. The first-order chi connectivity index (χ1) is 17.9. The van der Waals surface area contributed by atoms with Crippen LogP contribution in [0.2, 0.25) is 0 Å². The Kier molecular flexibility index (Phi) is 11.0. The first-order valence-corrected chi connectivity index (χ1v) is 12.4. The van der Waals surface area contributed by atoms with Crippen LogP contribution in [0.4, 0.5) is 5.69 Å². The van der Waals surface area contributed by atoms with Gasteiger partial charge < -0.3 is 25.7 Å². The van der Waals surface area contributed by atoms with Crippen molar-refractivity contribution in [1.82, 2.24) is 9.88 Å². The number of nitrogens with two attached hydrogens (primary N) is 1. The lowest BCUT2D eigenvalue weighted by Gasteiger charge is -2.24. The van der Waals surface area contributed by atoms with Crippen molar-refractivity contribution in [3.8, 4) is 0 Å². The predicted molar refractivity (Wildman–Crippen MR) is 144 cm³/mol. The molecule has 2 aromatic rings. The topological polar surface area (TPSA) is 150 Å². The van der Waals surface area contributed by atoms with Gasteiger partial charge in [0.2, 0.25) is 17.7 Å². The second-order valence-corrected chi connectivity index (χ2v) is 9.78. The number of hydrogen-bond donors (Lipinski definition) is 3. The van der Waals surface area contributed by atoms with Gasteiger partial charge in [-0.1, -0.05) is 57.2 Å². The second-order valence-electron chi connectivity index (χ2n) is 9.78. The molecule has 204 valence electrons. The highest BCUT2D eigenvalue weighted by molar-refractivity contribution is 5.94. The van der Waals surface area contributed by atoms with Crippen molar-refractivity contribution < 1.29 is 23.9 Å².